The maximum absolute atomic E-state index is 13.1. The molecule has 0 saturated carbocycles. The van der Waals surface area contributed by atoms with Gasteiger partial charge >= 0.3 is 12.0 Å². The van der Waals surface area contributed by atoms with Crippen LogP contribution in [0.25, 0.3) is 0 Å². The monoisotopic (exact) mass is 582 g/mol. The molecule has 0 fully saturated rings. The average Bonchev–Trinajstić information content (AvgIpc) is 2.94. The lowest BCUT2D eigenvalue weighted by Gasteiger charge is -2.37. The Hall–Kier alpha value is -3.75. The highest BCUT2D eigenvalue weighted by molar-refractivity contribution is 6.41. The van der Waals surface area contributed by atoms with Crippen molar-refractivity contribution in [1.29, 1.82) is 0 Å². The van der Waals surface area contributed by atoms with Crippen molar-refractivity contribution in [3.05, 3.63) is 99.0 Å². The molecule has 1 aliphatic carbocycles. The van der Waals surface area contributed by atoms with Crippen LogP contribution in [0, 0.1) is 0 Å². The number of nitrogen functional groups attached to an aromatic ring is 1. The summed E-state index contributed by atoms with van der Waals surface area (Å²) in [4.78, 5) is 39.1. The summed E-state index contributed by atoms with van der Waals surface area (Å²) in [5, 5.41) is 8.32. The van der Waals surface area contributed by atoms with Crippen LogP contribution in [0.3, 0.4) is 0 Å². The normalized spacial score (nSPS) is 16.2. The number of amides is 3. The number of carbonyl (C=O) groups is 3. The zero-order valence-electron chi connectivity index (χ0n) is 22.3. The van der Waals surface area contributed by atoms with Gasteiger partial charge in [0.15, 0.2) is 0 Å². The van der Waals surface area contributed by atoms with Crippen LogP contribution in [0.4, 0.5) is 10.5 Å². The van der Waals surface area contributed by atoms with Crippen molar-refractivity contribution in [2.75, 3.05) is 12.3 Å². The Labute approximate surface area is 243 Å². The van der Waals surface area contributed by atoms with Crippen LogP contribution >= 0.6 is 23.2 Å². The van der Waals surface area contributed by atoms with Gasteiger partial charge in [0.2, 0.25) is 0 Å². The van der Waals surface area contributed by atoms with E-state index in [0.29, 0.717) is 0 Å². The Morgan fingerprint density at radius 2 is 1.73 bits per heavy atom. The molecule has 10 heteroatoms. The number of hydrogen-bond acceptors (Lipinski definition) is 5. The highest BCUT2D eigenvalue weighted by atomic mass is 35.5. The standard InChI is InChI=1S/C30H32Cl2N4O4/c1-30(2)15-14-23(19-10-6-7-11-20(19)30)36-29(39)34-16-24(28(38)40-17-18-8-4-3-5-9-18)35-27(37)25-21(31)12-13-22(33)26(25)32/h3-13,23-24H,14-17,33H2,1-2H3,(H,35,37)(H2,34,36,39). The molecule has 5 N–H and O–H groups in total. The molecule has 0 heterocycles. The topological polar surface area (TPSA) is 123 Å². The molecule has 3 aromatic rings. The molecule has 4 rings (SSSR count). The Morgan fingerprint density at radius 3 is 2.48 bits per heavy atom. The lowest BCUT2D eigenvalue weighted by atomic mass is 9.71. The number of nitrogens with one attached hydrogen (secondary N) is 3. The number of hydrogen-bond donors (Lipinski definition) is 4. The molecule has 2 atom stereocenters. The van der Waals surface area contributed by atoms with Crippen molar-refractivity contribution in [1.82, 2.24) is 16.0 Å². The molecule has 0 saturated heterocycles. The van der Waals surface area contributed by atoms with Gasteiger partial charge in [0, 0.05) is 0 Å². The highest BCUT2D eigenvalue weighted by Gasteiger charge is 2.33. The van der Waals surface area contributed by atoms with Crippen molar-refractivity contribution in [2.45, 2.75) is 50.8 Å². The number of halogens is 2. The van der Waals surface area contributed by atoms with Crippen molar-refractivity contribution >= 4 is 46.8 Å². The molecular formula is C30H32Cl2N4O4. The predicted molar refractivity (Wildman–Crippen MR) is 156 cm³/mol. The van der Waals surface area contributed by atoms with Crippen LogP contribution < -0.4 is 21.7 Å². The quantitative estimate of drug-likeness (QED) is 0.205. The summed E-state index contributed by atoms with van der Waals surface area (Å²) in [5.41, 5.74) is 8.96. The Balaban J connectivity index is 1.46. The van der Waals surface area contributed by atoms with Crippen molar-refractivity contribution in [2.24, 2.45) is 0 Å². The fraction of sp³-hybridized carbons (Fsp3) is 0.300. The summed E-state index contributed by atoms with van der Waals surface area (Å²) < 4.78 is 5.45. The smallest absolute Gasteiger partial charge is 0.330 e. The lowest BCUT2D eigenvalue weighted by Crippen LogP contribution is -2.51. The van der Waals surface area contributed by atoms with Gasteiger partial charge in [-0.15, -0.1) is 0 Å². The van der Waals surface area contributed by atoms with Crippen LogP contribution in [0.5, 0.6) is 0 Å². The van der Waals surface area contributed by atoms with Crippen molar-refractivity contribution in [3.8, 4) is 0 Å². The third-order valence-corrected chi connectivity index (χ3v) is 7.78. The zero-order chi connectivity index (χ0) is 28.9. The van der Waals surface area contributed by atoms with Gasteiger partial charge in [-0.1, -0.05) is 91.6 Å². The van der Waals surface area contributed by atoms with Crippen LogP contribution in [-0.2, 0) is 21.6 Å². The first-order valence-corrected chi connectivity index (χ1v) is 13.7. The van der Waals surface area contributed by atoms with E-state index in [1.54, 1.807) is 0 Å². The van der Waals surface area contributed by atoms with Gasteiger partial charge in [-0.2, -0.15) is 0 Å². The van der Waals surface area contributed by atoms with Gasteiger partial charge in [0.1, 0.15) is 12.6 Å². The summed E-state index contributed by atoms with van der Waals surface area (Å²) in [7, 11) is 0. The molecule has 40 heavy (non-hydrogen) atoms. The van der Waals surface area contributed by atoms with Gasteiger partial charge in [-0.3, -0.25) is 4.79 Å². The molecule has 0 spiro atoms. The number of carbonyl (C=O) groups excluding carboxylic acids is 3. The van der Waals surface area contributed by atoms with E-state index < -0.39 is 23.9 Å². The number of rotatable bonds is 8. The number of esters is 1. The number of anilines is 1. The minimum absolute atomic E-state index is 0.00647. The van der Waals surface area contributed by atoms with Crippen molar-refractivity contribution in [3.63, 3.8) is 0 Å². The molecule has 0 aromatic heterocycles. The third kappa shape index (κ3) is 6.87. The molecule has 8 nitrogen and oxygen atoms in total. The zero-order valence-corrected chi connectivity index (χ0v) is 23.8. The second kappa shape index (κ2) is 12.6. The maximum atomic E-state index is 13.1. The van der Waals surface area contributed by atoms with Crippen LogP contribution in [-0.4, -0.2) is 30.5 Å². The first-order chi connectivity index (χ1) is 19.1. The average molecular weight is 584 g/mol. The number of benzene rings is 3. The third-order valence-electron chi connectivity index (χ3n) is 7.06. The number of fused-ring (bicyclic) bond motifs is 1. The molecule has 3 aromatic carbocycles. The first-order valence-electron chi connectivity index (χ1n) is 13.0. The van der Waals surface area contributed by atoms with E-state index in [4.69, 9.17) is 33.7 Å². The Morgan fingerprint density at radius 1 is 1.02 bits per heavy atom. The van der Waals surface area contributed by atoms with E-state index in [-0.39, 0.29) is 45.9 Å². The molecule has 0 radical (unpaired) electrons. The van der Waals surface area contributed by atoms with Crippen LogP contribution in [0.15, 0.2) is 66.7 Å². The predicted octanol–water partition coefficient (Wildman–Crippen LogP) is 5.53. The molecule has 210 valence electrons. The van der Waals surface area contributed by atoms with E-state index in [9.17, 15) is 14.4 Å². The molecule has 1 aliphatic rings. The lowest BCUT2D eigenvalue weighted by molar-refractivity contribution is -0.147. The van der Waals surface area contributed by atoms with Gasteiger partial charge in [0.25, 0.3) is 5.91 Å². The summed E-state index contributed by atoms with van der Waals surface area (Å²) in [5.74, 6) is -1.46. The van der Waals surface area contributed by atoms with Gasteiger partial charge in [0.05, 0.1) is 33.9 Å². The highest BCUT2D eigenvalue weighted by Crippen LogP contribution is 2.41. The van der Waals surface area contributed by atoms with E-state index in [1.807, 2.05) is 48.5 Å². The van der Waals surface area contributed by atoms with Crippen LogP contribution in [0.2, 0.25) is 10.0 Å². The SMILES string of the molecule is CC1(C)CCC(NC(=O)NCC(NC(=O)c2c(Cl)ccc(N)c2Cl)C(=O)OCc2ccccc2)c2ccccc21. The fourth-order valence-corrected chi connectivity index (χ4v) is 5.34. The van der Waals surface area contributed by atoms with E-state index >= 15 is 0 Å². The number of nitrogens with two attached hydrogens (primary N) is 1. The minimum atomic E-state index is -1.23. The number of urea groups is 1. The second-order valence-electron chi connectivity index (χ2n) is 10.4. The Kier molecular flexibility index (Phi) is 9.22. The minimum Gasteiger partial charge on any atom is -0.459 e. The fourth-order valence-electron chi connectivity index (χ4n) is 4.80. The van der Waals surface area contributed by atoms with E-state index in [1.165, 1.54) is 17.7 Å². The van der Waals surface area contributed by atoms with Crippen molar-refractivity contribution < 1.29 is 19.1 Å². The Bertz CT molecular complexity index is 1400. The molecule has 0 bridgehead atoms. The van der Waals surface area contributed by atoms with Gasteiger partial charge in [-0.05, 0) is 47.1 Å². The summed E-state index contributed by atoms with van der Waals surface area (Å²) in [6.45, 7) is 4.14. The van der Waals surface area contributed by atoms with Crippen LogP contribution in [0.1, 0.15) is 59.8 Å². The molecule has 0 aliphatic heterocycles. The van der Waals surface area contributed by atoms with Gasteiger partial charge in [-0.25, -0.2) is 9.59 Å². The number of ether oxygens (including phenoxy) is 1. The molecule has 3 amide bonds. The van der Waals surface area contributed by atoms with E-state index in [0.717, 1.165) is 24.0 Å². The summed E-state index contributed by atoms with van der Waals surface area (Å²) in [6.07, 6.45) is 1.67. The van der Waals surface area contributed by atoms with E-state index in [2.05, 4.69) is 35.9 Å². The first kappa shape index (κ1) is 29.2. The summed E-state index contributed by atoms with van der Waals surface area (Å²) in [6, 6.07) is 18.2. The second-order valence-corrected chi connectivity index (χ2v) is 11.1. The van der Waals surface area contributed by atoms with Gasteiger partial charge < -0.3 is 26.4 Å². The summed E-state index contributed by atoms with van der Waals surface area (Å²) >= 11 is 12.4. The molecule has 2 unspecified atom stereocenters. The molecular weight excluding hydrogens is 551 g/mol. The maximum Gasteiger partial charge on any atom is 0.330 e. The largest absolute Gasteiger partial charge is 0.459 e.